The predicted octanol–water partition coefficient (Wildman–Crippen LogP) is 3.34. The number of carbonyl (C=O) groups excluding carboxylic acids is 2. The molecule has 0 radical (unpaired) electrons. The molecule has 1 aliphatic heterocycles. The molecule has 154 valence electrons. The van der Waals surface area contributed by atoms with Gasteiger partial charge in [-0.1, -0.05) is 0 Å². The third kappa shape index (κ3) is 4.35. The third-order valence-corrected chi connectivity index (χ3v) is 5.27. The second-order valence-electron chi connectivity index (χ2n) is 7.33. The number of primary amides is 1. The van der Waals surface area contributed by atoms with Gasteiger partial charge in [0, 0.05) is 47.5 Å². The summed E-state index contributed by atoms with van der Waals surface area (Å²) in [6.45, 7) is 1.95. The molecule has 0 saturated carbocycles. The molecule has 1 saturated heterocycles. The standard InChI is InChI=1S/C23H24N4O3/c24-23(29)16-4-6-17(7-5-16)30-15-22(28)26-20-8-9-21(27-12-2-1-3-13-27)18-10-11-25-14-19(18)20/h4-11,14H,1-3,12-13,15H2,(H2,24,29)(H,26,28). The number of anilines is 2. The van der Waals surface area contributed by atoms with Crippen molar-refractivity contribution in [1.82, 2.24) is 4.98 Å². The van der Waals surface area contributed by atoms with Crippen LogP contribution >= 0.6 is 0 Å². The molecule has 0 spiro atoms. The fourth-order valence-corrected chi connectivity index (χ4v) is 3.74. The van der Waals surface area contributed by atoms with E-state index in [4.69, 9.17) is 10.5 Å². The molecule has 3 N–H and O–H groups in total. The van der Waals surface area contributed by atoms with Crippen molar-refractivity contribution in [3.63, 3.8) is 0 Å². The fraction of sp³-hybridized carbons (Fsp3) is 0.261. The van der Waals surface area contributed by atoms with Gasteiger partial charge in [0.15, 0.2) is 6.61 Å². The van der Waals surface area contributed by atoms with Crippen LogP contribution in [0.25, 0.3) is 10.8 Å². The third-order valence-electron chi connectivity index (χ3n) is 5.27. The molecule has 7 nitrogen and oxygen atoms in total. The van der Waals surface area contributed by atoms with Gasteiger partial charge in [-0.15, -0.1) is 0 Å². The molecular formula is C23H24N4O3. The molecule has 1 fully saturated rings. The van der Waals surface area contributed by atoms with Crippen molar-refractivity contribution in [2.24, 2.45) is 5.73 Å². The molecule has 0 aliphatic carbocycles. The normalized spacial score (nSPS) is 13.8. The van der Waals surface area contributed by atoms with E-state index in [0.717, 1.165) is 23.9 Å². The van der Waals surface area contributed by atoms with Crippen LogP contribution < -0.4 is 20.7 Å². The maximum Gasteiger partial charge on any atom is 0.262 e. The van der Waals surface area contributed by atoms with Crippen LogP contribution in [0.5, 0.6) is 5.75 Å². The molecule has 0 unspecified atom stereocenters. The Balaban J connectivity index is 1.46. The van der Waals surface area contributed by atoms with E-state index in [1.54, 1.807) is 36.7 Å². The van der Waals surface area contributed by atoms with Gasteiger partial charge in [-0.25, -0.2) is 0 Å². The molecule has 1 aliphatic rings. The summed E-state index contributed by atoms with van der Waals surface area (Å²) < 4.78 is 5.52. The summed E-state index contributed by atoms with van der Waals surface area (Å²) >= 11 is 0. The van der Waals surface area contributed by atoms with E-state index in [-0.39, 0.29) is 12.5 Å². The average Bonchev–Trinajstić information content (AvgIpc) is 2.79. The van der Waals surface area contributed by atoms with Crippen molar-refractivity contribution in [2.45, 2.75) is 19.3 Å². The van der Waals surface area contributed by atoms with Gasteiger partial charge < -0.3 is 20.7 Å². The molecule has 2 amide bonds. The maximum atomic E-state index is 12.5. The van der Waals surface area contributed by atoms with E-state index in [9.17, 15) is 9.59 Å². The van der Waals surface area contributed by atoms with Crippen LogP contribution in [-0.2, 0) is 4.79 Å². The SMILES string of the molecule is NC(=O)c1ccc(OCC(=O)Nc2ccc(N3CCCCC3)c3ccncc23)cc1. The number of carbonyl (C=O) groups is 2. The second-order valence-corrected chi connectivity index (χ2v) is 7.33. The lowest BCUT2D eigenvalue weighted by molar-refractivity contribution is -0.118. The number of ether oxygens (including phenoxy) is 1. The number of aromatic nitrogens is 1. The highest BCUT2D eigenvalue weighted by Crippen LogP contribution is 2.33. The lowest BCUT2D eigenvalue weighted by Gasteiger charge is -2.30. The Morgan fingerprint density at radius 3 is 2.50 bits per heavy atom. The molecule has 3 aromatic rings. The van der Waals surface area contributed by atoms with Crippen LogP contribution in [0.1, 0.15) is 29.6 Å². The van der Waals surface area contributed by atoms with Crippen molar-refractivity contribution in [3.8, 4) is 5.75 Å². The highest BCUT2D eigenvalue weighted by atomic mass is 16.5. The van der Waals surface area contributed by atoms with Crippen LogP contribution in [-0.4, -0.2) is 36.5 Å². The summed E-state index contributed by atoms with van der Waals surface area (Å²) in [5.74, 6) is -0.292. The number of rotatable bonds is 6. The monoisotopic (exact) mass is 404 g/mol. The molecular weight excluding hydrogens is 380 g/mol. The minimum Gasteiger partial charge on any atom is -0.484 e. The summed E-state index contributed by atoms with van der Waals surface area (Å²) in [6.07, 6.45) is 7.23. The summed E-state index contributed by atoms with van der Waals surface area (Å²) in [5.41, 5.74) is 7.49. The second kappa shape index (κ2) is 8.82. The van der Waals surface area contributed by atoms with Crippen molar-refractivity contribution in [3.05, 3.63) is 60.4 Å². The lowest BCUT2D eigenvalue weighted by atomic mass is 10.1. The van der Waals surface area contributed by atoms with E-state index >= 15 is 0 Å². The topological polar surface area (TPSA) is 97.6 Å². The number of amides is 2. The van der Waals surface area contributed by atoms with Crippen LogP contribution in [0.4, 0.5) is 11.4 Å². The first-order valence-electron chi connectivity index (χ1n) is 10.1. The van der Waals surface area contributed by atoms with Gasteiger partial charge >= 0.3 is 0 Å². The van der Waals surface area contributed by atoms with E-state index in [1.807, 2.05) is 12.1 Å². The van der Waals surface area contributed by atoms with Crippen LogP contribution in [0.2, 0.25) is 0 Å². The summed E-state index contributed by atoms with van der Waals surface area (Å²) in [7, 11) is 0. The first-order valence-corrected chi connectivity index (χ1v) is 10.1. The van der Waals surface area contributed by atoms with E-state index in [0.29, 0.717) is 17.0 Å². The largest absolute Gasteiger partial charge is 0.484 e. The van der Waals surface area contributed by atoms with E-state index in [2.05, 4.69) is 21.3 Å². The summed E-state index contributed by atoms with van der Waals surface area (Å²) in [5, 5.41) is 4.90. The number of fused-ring (bicyclic) bond motifs is 1. The number of nitrogens with two attached hydrogens (primary N) is 1. The number of pyridine rings is 1. The lowest BCUT2D eigenvalue weighted by Crippen LogP contribution is -2.29. The molecule has 30 heavy (non-hydrogen) atoms. The van der Waals surface area contributed by atoms with Gasteiger partial charge in [0.1, 0.15) is 5.75 Å². The molecule has 2 aromatic carbocycles. The Kier molecular flexibility index (Phi) is 5.79. The van der Waals surface area contributed by atoms with E-state index in [1.165, 1.54) is 24.9 Å². The van der Waals surface area contributed by atoms with Crippen molar-refractivity contribution in [1.29, 1.82) is 0 Å². The van der Waals surface area contributed by atoms with Gasteiger partial charge in [0.05, 0.1) is 5.69 Å². The van der Waals surface area contributed by atoms with Crippen molar-refractivity contribution in [2.75, 3.05) is 29.9 Å². The van der Waals surface area contributed by atoms with Crippen molar-refractivity contribution < 1.29 is 14.3 Å². The Morgan fingerprint density at radius 1 is 1.00 bits per heavy atom. The summed E-state index contributed by atoms with van der Waals surface area (Å²) in [4.78, 5) is 30.2. The van der Waals surface area contributed by atoms with Gasteiger partial charge in [-0.3, -0.25) is 14.6 Å². The zero-order chi connectivity index (χ0) is 20.9. The zero-order valence-corrected chi connectivity index (χ0v) is 16.6. The summed E-state index contributed by atoms with van der Waals surface area (Å²) in [6, 6.07) is 12.3. The molecule has 0 atom stereocenters. The average molecular weight is 404 g/mol. The van der Waals surface area contributed by atoms with Gasteiger partial charge in [0.25, 0.3) is 5.91 Å². The molecule has 2 heterocycles. The first kappa shape index (κ1) is 19.7. The van der Waals surface area contributed by atoms with Crippen LogP contribution in [0, 0.1) is 0 Å². The van der Waals surface area contributed by atoms with Gasteiger partial charge in [-0.05, 0) is 61.7 Å². The Labute approximate surface area is 174 Å². The number of benzene rings is 2. The minimum absolute atomic E-state index is 0.147. The highest BCUT2D eigenvalue weighted by molar-refractivity contribution is 6.06. The Bertz CT molecular complexity index is 1060. The fourth-order valence-electron chi connectivity index (χ4n) is 3.74. The van der Waals surface area contributed by atoms with Gasteiger partial charge in [0.2, 0.25) is 5.91 Å². The van der Waals surface area contributed by atoms with Crippen molar-refractivity contribution >= 4 is 34.0 Å². The highest BCUT2D eigenvalue weighted by Gasteiger charge is 2.16. The maximum absolute atomic E-state index is 12.5. The number of hydrogen-bond acceptors (Lipinski definition) is 5. The zero-order valence-electron chi connectivity index (χ0n) is 16.6. The number of nitrogens with one attached hydrogen (secondary N) is 1. The van der Waals surface area contributed by atoms with Crippen LogP contribution in [0.15, 0.2) is 54.9 Å². The quantitative estimate of drug-likeness (QED) is 0.657. The first-order chi connectivity index (χ1) is 14.6. The molecule has 0 bridgehead atoms. The number of nitrogens with zero attached hydrogens (tertiary/aromatic N) is 2. The van der Waals surface area contributed by atoms with Gasteiger partial charge in [-0.2, -0.15) is 0 Å². The molecule has 7 heteroatoms. The number of piperidine rings is 1. The number of hydrogen-bond donors (Lipinski definition) is 2. The molecule has 1 aromatic heterocycles. The Morgan fingerprint density at radius 2 is 1.77 bits per heavy atom. The molecule has 4 rings (SSSR count). The minimum atomic E-state index is -0.507. The van der Waals surface area contributed by atoms with E-state index < -0.39 is 5.91 Å². The Hall–Kier alpha value is -3.61. The smallest absolute Gasteiger partial charge is 0.262 e. The predicted molar refractivity (Wildman–Crippen MR) is 117 cm³/mol. The van der Waals surface area contributed by atoms with Crippen LogP contribution in [0.3, 0.4) is 0 Å².